The molecule has 108 valence electrons. The summed E-state index contributed by atoms with van der Waals surface area (Å²) in [6.07, 6.45) is 2.16. The highest BCUT2D eigenvalue weighted by atomic mass is 32.1. The van der Waals surface area contributed by atoms with Crippen LogP contribution in [0.1, 0.15) is 39.9 Å². The van der Waals surface area contributed by atoms with Gasteiger partial charge >= 0.3 is 6.09 Å². The van der Waals surface area contributed by atoms with Gasteiger partial charge in [0.1, 0.15) is 0 Å². The van der Waals surface area contributed by atoms with Crippen LogP contribution in [-0.2, 0) is 16.8 Å². The van der Waals surface area contributed by atoms with E-state index in [1.807, 2.05) is 13.0 Å². The summed E-state index contributed by atoms with van der Waals surface area (Å²) in [5.74, 6) is 0. The molecule has 3 heterocycles. The molecule has 1 amide bonds. The number of hydrogen-bond acceptors (Lipinski definition) is 4. The van der Waals surface area contributed by atoms with Crippen LogP contribution >= 0.6 is 11.3 Å². The number of carbonyl (C=O) groups excluding carboxylic acids is 1. The molecule has 1 saturated heterocycles. The maximum absolute atomic E-state index is 11.2. The van der Waals surface area contributed by atoms with Crippen molar-refractivity contribution in [2.75, 3.05) is 13.2 Å². The lowest BCUT2D eigenvalue weighted by atomic mass is 9.79. The highest BCUT2D eigenvalue weighted by molar-refractivity contribution is 7.13. The van der Waals surface area contributed by atoms with Crippen molar-refractivity contribution in [2.45, 2.75) is 37.8 Å². The van der Waals surface area contributed by atoms with Gasteiger partial charge in [-0.3, -0.25) is 4.79 Å². The summed E-state index contributed by atoms with van der Waals surface area (Å²) < 4.78 is 6.06. The number of aldehydes is 1. The lowest BCUT2D eigenvalue weighted by Gasteiger charge is -2.46. The van der Waals surface area contributed by atoms with Gasteiger partial charge in [-0.25, -0.2) is 4.79 Å². The smallest absolute Gasteiger partial charge is 0.407 e. The molecule has 2 atom stereocenters. The van der Waals surface area contributed by atoms with E-state index in [1.165, 1.54) is 21.1 Å². The molecule has 1 aromatic rings. The lowest BCUT2D eigenvalue weighted by Crippen LogP contribution is -2.52. The Bertz CT molecular complexity index is 555. The van der Waals surface area contributed by atoms with Gasteiger partial charge in [-0.2, -0.15) is 0 Å². The van der Waals surface area contributed by atoms with Gasteiger partial charge in [0.2, 0.25) is 0 Å². The first-order valence-electron chi connectivity index (χ1n) is 6.77. The highest BCUT2D eigenvalue weighted by Gasteiger charge is 2.45. The van der Waals surface area contributed by atoms with Crippen LogP contribution in [0.2, 0.25) is 0 Å². The van der Waals surface area contributed by atoms with E-state index in [4.69, 9.17) is 4.74 Å². The number of piperidine rings is 1. The van der Waals surface area contributed by atoms with E-state index in [0.29, 0.717) is 26.0 Å². The van der Waals surface area contributed by atoms with Crippen molar-refractivity contribution in [3.8, 4) is 0 Å². The van der Waals surface area contributed by atoms with Gasteiger partial charge in [-0.15, -0.1) is 11.3 Å². The van der Waals surface area contributed by atoms with Crippen LogP contribution in [0.25, 0.3) is 0 Å². The van der Waals surface area contributed by atoms with E-state index in [-0.39, 0.29) is 6.04 Å². The van der Waals surface area contributed by atoms with Crippen LogP contribution in [0.5, 0.6) is 0 Å². The van der Waals surface area contributed by atoms with Crippen LogP contribution in [0.3, 0.4) is 0 Å². The number of nitrogens with zero attached hydrogens (tertiary/aromatic N) is 1. The number of fused-ring (bicyclic) bond motifs is 2. The van der Waals surface area contributed by atoms with Crippen molar-refractivity contribution in [2.24, 2.45) is 0 Å². The van der Waals surface area contributed by atoms with Crippen LogP contribution in [0, 0.1) is 0 Å². The van der Waals surface area contributed by atoms with Gasteiger partial charge < -0.3 is 14.7 Å². The first kappa shape index (κ1) is 13.6. The molecule has 2 aliphatic heterocycles. The summed E-state index contributed by atoms with van der Waals surface area (Å²) in [5.41, 5.74) is 0.698. The minimum atomic E-state index is -0.873. The Morgan fingerprint density at radius 2 is 2.45 bits per heavy atom. The number of carbonyl (C=O) groups is 2. The van der Waals surface area contributed by atoms with Gasteiger partial charge in [0.05, 0.1) is 17.1 Å². The third-order valence-corrected chi connectivity index (χ3v) is 5.42. The third kappa shape index (κ3) is 2.03. The third-order valence-electron chi connectivity index (χ3n) is 4.30. The predicted octanol–water partition coefficient (Wildman–Crippen LogP) is 2.49. The molecular formula is C14H17NO4S. The van der Waals surface area contributed by atoms with Crippen molar-refractivity contribution in [1.29, 1.82) is 0 Å². The minimum Gasteiger partial charge on any atom is -0.465 e. The minimum absolute atomic E-state index is 0.0771. The van der Waals surface area contributed by atoms with Crippen LogP contribution in [0.15, 0.2) is 6.07 Å². The predicted molar refractivity (Wildman–Crippen MR) is 74.5 cm³/mol. The largest absolute Gasteiger partial charge is 0.465 e. The normalized spacial score (nSPS) is 29.2. The standard InChI is InChI=1S/C14H17NO4S/c1-9-7-14(3-4-15(9)13(17)18)11-6-10(8-16)20-12(11)2-5-19-14/h6,8-9H,2-5,7H2,1H3,(H,17,18)/t9-,14+/m0/s1. The van der Waals surface area contributed by atoms with E-state index in [2.05, 4.69) is 0 Å². The molecule has 1 aromatic heterocycles. The van der Waals surface area contributed by atoms with Gasteiger partial charge in [0.25, 0.3) is 0 Å². The highest BCUT2D eigenvalue weighted by Crippen LogP contribution is 2.45. The molecule has 2 aliphatic rings. The quantitative estimate of drug-likeness (QED) is 0.808. The summed E-state index contributed by atoms with van der Waals surface area (Å²) in [5, 5.41) is 9.17. The molecule has 20 heavy (non-hydrogen) atoms. The maximum Gasteiger partial charge on any atom is 0.407 e. The first-order valence-corrected chi connectivity index (χ1v) is 7.59. The fourth-order valence-electron chi connectivity index (χ4n) is 3.37. The number of hydrogen-bond donors (Lipinski definition) is 1. The number of amides is 1. The lowest BCUT2D eigenvalue weighted by molar-refractivity contribution is -0.106. The molecule has 6 heteroatoms. The molecule has 1 fully saturated rings. The van der Waals surface area contributed by atoms with Crippen LogP contribution in [0.4, 0.5) is 4.79 Å². The second kappa shape index (κ2) is 4.86. The number of carboxylic acid groups (broad SMARTS) is 1. The Hall–Kier alpha value is -1.40. The van der Waals surface area contributed by atoms with Gasteiger partial charge in [0.15, 0.2) is 6.29 Å². The van der Waals surface area contributed by atoms with E-state index in [0.717, 1.165) is 23.1 Å². The molecule has 1 N–H and O–H groups in total. The summed E-state index contributed by atoms with van der Waals surface area (Å²) in [6, 6.07) is 1.85. The first-order chi connectivity index (χ1) is 9.55. The monoisotopic (exact) mass is 295 g/mol. The van der Waals surface area contributed by atoms with Crippen molar-refractivity contribution < 1.29 is 19.4 Å². The van der Waals surface area contributed by atoms with Crippen LogP contribution < -0.4 is 0 Å². The molecule has 0 aromatic carbocycles. The van der Waals surface area contributed by atoms with Crippen molar-refractivity contribution in [3.63, 3.8) is 0 Å². The fourth-order valence-corrected chi connectivity index (χ4v) is 4.42. The molecule has 1 spiro atoms. The van der Waals surface area contributed by atoms with E-state index in [1.54, 1.807) is 0 Å². The average molecular weight is 295 g/mol. The number of rotatable bonds is 1. The Morgan fingerprint density at radius 1 is 1.65 bits per heavy atom. The van der Waals surface area contributed by atoms with E-state index < -0.39 is 11.7 Å². The Kier molecular flexibility index (Phi) is 3.30. The Morgan fingerprint density at radius 3 is 3.10 bits per heavy atom. The summed E-state index contributed by atoms with van der Waals surface area (Å²) in [7, 11) is 0. The van der Waals surface area contributed by atoms with Crippen molar-refractivity contribution >= 4 is 23.7 Å². The van der Waals surface area contributed by atoms with Crippen molar-refractivity contribution in [1.82, 2.24) is 4.90 Å². The second-order valence-electron chi connectivity index (χ2n) is 5.48. The van der Waals surface area contributed by atoms with Gasteiger partial charge in [0, 0.05) is 30.3 Å². The zero-order valence-corrected chi connectivity index (χ0v) is 12.1. The zero-order valence-electron chi connectivity index (χ0n) is 11.3. The molecule has 5 nitrogen and oxygen atoms in total. The summed E-state index contributed by atoms with van der Waals surface area (Å²) in [6.45, 7) is 3.04. The second-order valence-corrected chi connectivity index (χ2v) is 6.64. The molecule has 0 bridgehead atoms. The maximum atomic E-state index is 11.2. The summed E-state index contributed by atoms with van der Waals surface area (Å²) in [4.78, 5) is 25.6. The Labute approximate surface area is 121 Å². The molecule has 0 radical (unpaired) electrons. The number of likely N-dealkylation sites (tertiary alicyclic amines) is 1. The molecule has 3 rings (SSSR count). The number of thiophene rings is 1. The molecule has 0 saturated carbocycles. The molecule has 0 unspecified atom stereocenters. The van der Waals surface area contributed by atoms with Gasteiger partial charge in [-0.05, 0) is 25.0 Å². The van der Waals surface area contributed by atoms with Crippen molar-refractivity contribution in [3.05, 3.63) is 21.4 Å². The SMILES string of the molecule is C[C@H]1C[C@@]2(CCN1C(=O)O)OCCc1sc(C=O)cc12. The average Bonchev–Trinajstić information content (AvgIpc) is 2.83. The fraction of sp³-hybridized carbons (Fsp3) is 0.571. The zero-order chi connectivity index (χ0) is 14.3. The van der Waals surface area contributed by atoms with E-state index >= 15 is 0 Å². The molecule has 0 aliphatic carbocycles. The molecular weight excluding hydrogens is 278 g/mol. The topological polar surface area (TPSA) is 66.8 Å². The van der Waals surface area contributed by atoms with Crippen LogP contribution in [-0.4, -0.2) is 41.6 Å². The number of ether oxygens (including phenoxy) is 1. The summed E-state index contributed by atoms with van der Waals surface area (Å²) >= 11 is 1.53. The Balaban J connectivity index is 1.93. The van der Waals surface area contributed by atoms with Gasteiger partial charge in [-0.1, -0.05) is 0 Å². The van der Waals surface area contributed by atoms with E-state index in [9.17, 15) is 14.7 Å².